The quantitative estimate of drug-likeness (QED) is 0.908. The number of hydrogen-bond acceptors (Lipinski definition) is 4. The van der Waals surface area contributed by atoms with E-state index in [0.29, 0.717) is 12.0 Å². The average Bonchev–Trinajstić information content (AvgIpc) is 2.67. The van der Waals surface area contributed by atoms with Crippen LogP contribution < -0.4 is 10.6 Å². The minimum absolute atomic E-state index is 0.159. The molecule has 2 aliphatic rings. The number of amides is 1. The Hall–Kier alpha value is -1.59. The number of carbonyl (C=O) groups excluding carboxylic acids is 1. The molecule has 2 saturated heterocycles. The van der Waals surface area contributed by atoms with Crippen LogP contribution in [-0.4, -0.2) is 67.6 Å². The Kier molecular flexibility index (Phi) is 5.97. The summed E-state index contributed by atoms with van der Waals surface area (Å²) < 4.78 is 0. The summed E-state index contributed by atoms with van der Waals surface area (Å²) in [6.07, 6.45) is 2.06. The molecule has 5 heteroatoms. The number of nitrogens with two attached hydrogens (primary N) is 1. The normalized spacial score (nSPS) is 20.3. The van der Waals surface area contributed by atoms with Crippen LogP contribution in [0.2, 0.25) is 0 Å². The maximum atomic E-state index is 12.7. The van der Waals surface area contributed by atoms with Crippen LogP contribution in [0.5, 0.6) is 0 Å². The predicted molar refractivity (Wildman–Crippen MR) is 103 cm³/mol. The summed E-state index contributed by atoms with van der Waals surface area (Å²) in [6.45, 7) is 11.2. The van der Waals surface area contributed by atoms with Gasteiger partial charge in [-0.05, 0) is 63.4 Å². The van der Waals surface area contributed by atoms with Gasteiger partial charge < -0.3 is 15.5 Å². The molecule has 0 spiro atoms. The Morgan fingerprint density at radius 3 is 2.16 bits per heavy atom. The smallest absolute Gasteiger partial charge is 0.253 e. The van der Waals surface area contributed by atoms with E-state index < -0.39 is 0 Å². The van der Waals surface area contributed by atoms with Crippen LogP contribution >= 0.6 is 0 Å². The summed E-state index contributed by atoms with van der Waals surface area (Å²) >= 11 is 0. The second-order valence-corrected chi connectivity index (χ2v) is 7.63. The largest absolute Gasteiger partial charge is 0.369 e. The Balaban J connectivity index is 1.56. The fourth-order valence-corrected chi connectivity index (χ4v) is 3.87. The molecule has 2 fully saturated rings. The van der Waals surface area contributed by atoms with Crippen molar-refractivity contribution in [1.82, 2.24) is 9.80 Å². The van der Waals surface area contributed by atoms with Crippen molar-refractivity contribution in [1.29, 1.82) is 0 Å². The number of likely N-dealkylation sites (tertiary alicyclic amines) is 1. The third-order valence-electron chi connectivity index (χ3n) is 5.76. The molecule has 138 valence electrons. The van der Waals surface area contributed by atoms with Gasteiger partial charge >= 0.3 is 0 Å². The van der Waals surface area contributed by atoms with Gasteiger partial charge in [-0.2, -0.15) is 0 Å². The highest BCUT2D eigenvalue weighted by Crippen LogP contribution is 2.21. The first-order chi connectivity index (χ1) is 12.1. The Morgan fingerprint density at radius 2 is 1.64 bits per heavy atom. The fourth-order valence-electron chi connectivity index (χ4n) is 3.87. The molecule has 0 aromatic heterocycles. The third kappa shape index (κ3) is 4.33. The lowest BCUT2D eigenvalue weighted by molar-refractivity contribution is 0.0693. The van der Waals surface area contributed by atoms with E-state index in [1.807, 2.05) is 17.0 Å². The van der Waals surface area contributed by atoms with E-state index in [0.717, 1.165) is 64.2 Å². The van der Waals surface area contributed by atoms with Gasteiger partial charge in [-0.1, -0.05) is 0 Å². The van der Waals surface area contributed by atoms with Gasteiger partial charge in [-0.15, -0.1) is 0 Å². The van der Waals surface area contributed by atoms with Gasteiger partial charge in [0.2, 0.25) is 0 Å². The van der Waals surface area contributed by atoms with Gasteiger partial charge in [-0.3, -0.25) is 9.69 Å². The molecule has 1 aromatic carbocycles. The second-order valence-electron chi connectivity index (χ2n) is 7.63. The number of benzene rings is 1. The first-order valence-corrected chi connectivity index (χ1v) is 9.67. The zero-order valence-corrected chi connectivity index (χ0v) is 15.7. The van der Waals surface area contributed by atoms with E-state index in [-0.39, 0.29) is 5.91 Å². The number of hydrogen-bond donors (Lipinski definition) is 1. The lowest BCUT2D eigenvalue weighted by Gasteiger charge is -2.38. The molecule has 0 bridgehead atoms. The zero-order valence-electron chi connectivity index (χ0n) is 15.7. The van der Waals surface area contributed by atoms with Crippen molar-refractivity contribution in [2.24, 2.45) is 11.7 Å². The maximum Gasteiger partial charge on any atom is 0.253 e. The highest BCUT2D eigenvalue weighted by molar-refractivity contribution is 5.94. The molecule has 0 unspecified atom stereocenters. The van der Waals surface area contributed by atoms with Gasteiger partial charge in [0.1, 0.15) is 0 Å². The van der Waals surface area contributed by atoms with E-state index in [4.69, 9.17) is 5.73 Å². The van der Waals surface area contributed by atoms with Gasteiger partial charge in [0.25, 0.3) is 5.91 Å². The van der Waals surface area contributed by atoms with Crippen LogP contribution in [0.25, 0.3) is 0 Å². The summed E-state index contributed by atoms with van der Waals surface area (Å²) in [6, 6.07) is 8.80. The van der Waals surface area contributed by atoms with Gasteiger partial charge in [0, 0.05) is 56.6 Å². The standard InChI is InChI=1S/C20H32N4O/c1-16(2)22-11-13-23(14-12-22)19-5-3-18(4-6-19)20(25)24-9-7-17(15-21)8-10-24/h3-6,16-17H,7-15,21H2,1-2H3. The minimum atomic E-state index is 0.159. The number of carbonyl (C=O) groups is 1. The van der Waals surface area contributed by atoms with Crippen LogP contribution in [-0.2, 0) is 0 Å². The van der Waals surface area contributed by atoms with Crippen molar-refractivity contribution < 1.29 is 4.79 Å². The maximum absolute atomic E-state index is 12.7. The number of anilines is 1. The summed E-state index contributed by atoms with van der Waals surface area (Å²) in [5, 5.41) is 0. The SMILES string of the molecule is CC(C)N1CCN(c2ccc(C(=O)N3CCC(CN)CC3)cc2)CC1. The van der Waals surface area contributed by atoms with Gasteiger partial charge in [0.05, 0.1) is 0 Å². The average molecular weight is 345 g/mol. The summed E-state index contributed by atoms with van der Waals surface area (Å²) in [5.74, 6) is 0.739. The van der Waals surface area contributed by atoms with Crippen LogP contribution in [0.3, 0.4) is 0 Å². The first-order valence-electron chi connectivity index (χ1n) is 9.67. The Morgan fingerprint density at radius 1 is 1.04 bits per heavy atom. The monoisotopic (exact) mass is 344 g/mol. The van der Waals surface area contributed by atoms with E-state index in [1.54, 1.807) is 0 Å². The van der Waals surface area contributed by atoms with E-state index >= 15 is 0 Å². The number of nitrogens with zero attached hydrogens (tertiary/aromatic N) is 3. The summed E-state index contributed by atoms with van der Waals surface area (Å²) in [7, 11) is 0. The van der Waals surface area contributed by atoms with E-state index in [2.05, 4.69) is 35.8 Å². The highest BCUT2D eigenvalue weighted by Gasteiger charge is 2.23. The van der Waals surface area contributed by atoms with Crippen LogP contribution in [0.1, 0.15) is 37.0 Å². The summed E-state index contributed by atoms with van der Waals surface area (Å²) in [5.41, 5.74) is 7.76. The molecule has 2 aliphatic heterocycles. The second kappa shape index (κ2) is 8.19. The molecule has 3 rings (SSSR count). The predicted octanol–water partition coefficient (Wildman–Crippen LogP) is 2.03. The number of rotatable bonds is 4. The van der Waals surface area contributed by atoms with Crippen molar-refractivity contribution in [3.05, 3.63) is 29.8 Å². The molecule has 25 heavy (non-hydrogen) atoms. The van der Waals surface area contributed by atoms with Crippen molar-refractivity contribution >= 4 is 11.6 Å². The molecular weight excluding hydrogens is 312 g/mol. The first kappa shape index (κ1) is 18.2. The van der Waals surface area contributed by atoms with Gasteiger partial charge in [0.15, 0.2) is 0 Å². The zero-order chi connectivity index (χ0) is 17.8. The van der Waals surface area contributed by atoms with Crippen LogP contribution in [0.15, 0.2) is 24.3 Å². The Bertz CT molecular complexity index is 556. The lowest BCUT2D eigenvalue weighted by Crippen LogP contribution is -2.48. The van der Waals surface area contributed by atoms with Crippen molar-refractivity contribution in [2.75, 3.05) is 50.7 Å². The van der Waals surface area contributed by atoms with Crippen LogP contribution in [0, 0.1) is 5.92 Å². The van der Waals surface area contributed by atoms with Crippen molar-refractivity contribution in [3.8, 4) is 0 Å². The molecule has 1 aromatic rings. The number of piperidine rings is 1. The molecule has 1 amide bonds. The molecule has 0 atom stereocenters. The lowest BCUT2D eigenvalue weighted by atomic mass is 9.96. The third-order valence-corrected chi connectivity index (χ3v) is 5.76. The molecule has 0 aliphatic carbocycles. The number of piperazine rings is 1. The molecular formula is C20H32N4O. The van der Waals surface area contributed by atoms with Crippen LogP contribution in [0.4, 0.5) is 5.69 Å². The van der Waals surface area contributed by atoms with Gasteiger partial charge in [-0.25, -0.2) is 0 Å². The molecule has 2 heterocycles. The Labute approximate surface area is 151 Å². The molecule has 0 radical (unpaired) electrons. The molecule has 2 N–H and O–H groups in total. The molecule has 0 saturated carbocycles. The van der Waals surface area contributed by atoms with Crippen molar-refractivity contribution in [3.63, 3.8) is 0 Å². The van der Waals surface area contributed by atoms with Crippen molar-refractivity contribution in [2.45, 2.75) is 32.7 Å². The minimum Gasteiger partial charge on any atom is -0.369 e. The van der Waals surface area contributed by atoms with E-state index in [1.165, 1.54) is 5.69 Å². The highest BCUT2D eigenvalue weighted by atomic mass is 16.2. The fraction of sp³-hybridized carbons (Fsp3) is 0.650. The van der Waals surface area contributed by atoms with E-state index in [9.17, 15) is 4.79 Å². The molecule has 5 nitrogen and oxygen atoms in total. The topological polar surface area (TPSA) is 52.8 Å². The summed E-state index contributed by atoms with van der Waals surface area (Å²) in [4.78, 5) is 19.6.